The van der Waals surface area contributed by atoms with Crippen LogP contribution in [0.4, 0.5) is 4.79 Å². The number of carboxylic acid groups (broad SMARTS) is 1. The highest BCUT2D eigenvalue weighted by atomic mass is 16.4. The van der Waals surface area contributed by atoms with Crippen molar-refractivity contribution < 1.29 is 14.7 Å². The molecule has 128 valence electrons. The quantitative estimate of drug-likeness (QED) is 0.613. The van der Waals surface area contributed by atoms with E-state index in [0.717, 1.165) is 19.5 Å². The Kier molecular flexibility index (Phi) is 8.75. The topological polar surface area (TPSA) is 81.7 Å². The molecule has 1 atom stereocenters. The zero-order valence-corrected chi connectivity index (χ0v) is 13.9. The molecular weight excluding hydrogens is 294 g/mol. The van der Waals surface area contributed by atoms with Crippen molar-refractivity contribution in [2.75, 3.05) is 26.2 Å². The number of carboxylic acids is 1. The number of benzene rings is 1. The van der Waals surface area contributed by atoms with Crippen molar-refractivity contribution in [2.24, 2.45) is 0 Å². The minimum absolute atomic E-state index is 0.0725. The Morgan fingerprint density at radius 2 is 1.78 bits per heavy atom. The molecule has 23 heavy (non-hydrogen) atoms. The Hall–Kier alpha value is -2.08. The van der Waals surface area contributed by atoms with Crippen molar-refractivity contribution in [1.29, 1.82) is 0 Å². The first-order valence-corrected chi connectivity index (χ1v) is 8.08. The maximum absolute atomic E-state index is 11.7. The summed E-state index contributed by atoms with van der Waals surface area (Å²) in [6, 6.07) is 10.1. The second kappa shape index (κ2) is 10.6. The molecule has 0 aliphatic carbocycles. The zero-order chi connectivity index (χ0) is 17.1. The lowest BCUT2D eigenvalue weighted by Crippen LogP contribution is -2.47. The monoisotopic (exact) mass is 321 g/mol. The predicted molar refractivity (Wildman–Crippen MR) is 90.5 cm³/mol. The number of amides is 2. The third kappa shape index (κ3) is 7.65. The van der Waals surface area contributed by atoms with Crippen molar-refractivity contribution in [3.8, 4) is 0 Å². The summed E-state index contributed by atoms with van der Waals surface area (Å²) in [4.78, 5) is 24.5. The number of nitrogens with zero attached hydrogens (tertiary/aromatic N) is 1. The van der Waals surface area contributed by atoms with E-state index >= 15 is 0 Å². The molecule has 3 N–H and O–H groups in total. The second-order valence-corrected chi connectivity index (χ2v) is 5.35. The molecule has 1 aromatic carbocycles. The number of nitrogens with one attached hydrogen (secondary N) is 2. The Bertz CT molecular complexity index is 475. The highest BCUT2D eigenvalue weighted by molar-refractivity contribution is 5.75. The summed E-state index contributed by atoms with van der Waals surface area (Å²) >= 11 is 0. The SMILES string of the molecule is CCN(CC)C(CNC(=O)NCCC(=O)O)Cc1ccccc1. The van der Waals surface area contributed by atoms with Crippen LogP contribution in [0.15, 0.2) is 30.3 Å². The lowest BCUT2D eigenvalue weighted by molar-refractivity contribution is -0.136. The van der Waals surface area contributed by atoms with E-state index in [-0.39, 0.29) is 25.0 Å². The van der Waals surface area contributed by atoms with Crippen LogP contribution in [-0.2, 0) is 11.2 Å². The molecule has 0 spiro atoms. The second-order valence-electron chi connectivity index (χ2n) is 5.35. The number of urea groups is 1. The lowest BCUT2D eigenvalue weighted by Gasteiger charge is -2.30. The minimum atomic E-state index is -0.921. The predicted octanol–water partition coefficient (Wildman–Crippen LogP) is 1.71. The largest absolute Gasteiger partial charge is 0.481 e. The number of hydrogen-bond acceptors (Lipinski definition) is 3. The van der Waals surface area contributed by atoms with Gasteiger partial charge in [0, 0.05) is 19.1 Å². The molecule has 0 radical (unpaired) electrons. The summed E-state index contributed by atoms with van der Waals surface area (Å²) in [5.41, 5.74) is 1.23. The van der Waals surface area contributed by atoms with Crippen molar-refractivity contribution >= 4 is 12.0 Å². The van der Waals surface area contributed by atoms with Crippen LogP contribution in [0.5, 0.6) is 0 Å². The van der Waals surface area contributed by atoms with Gasteiger partial charge >= 0.3 is 12.0 Å². The molecule has 0 aliphatic rings. The minimum Gasteiger partial charge on any atom is -0.481 e. The Labute approximate surface area is 137 Å². The van der Waals surface area contributed by atoms with Gasteiger partial charge in [-0.15, -0.1) is 0 Å². The molecule has 2 amide bonds. The van der Waals surface area contributed by atoms with E-state index < -0.39 is 5.97 Å². The number of aliphatic carboxylic acids is 1. The van der Waals surface area contributed by atoms with Crippen LogP contribution in [0.25, 0.3) is 0 Å². The van der Waals surface area contributed by atoms with E-state index in [1.54, 1.807) is 0 Å². The van der Waals surface area contributed by atoms with Gasteiger partial charge in [0.1, 0.15) is 0 Å². The summed E-state index contributed by atoms with van der Waals surface area (Å²) < 4.78 is 0. The third-order valence-corrected chi connectivity index (χ3v) is 3.77. The highest BCUT2D eigenvalue weighted by Crippen LogP contribution is 2.08. The summed E-state index contributed by atoms with van der Waals surface area (Å²) in [6.07, 6.45) is 0.787. The van der Waals surface area contributed by atoms with Gasteiger partial charge in [0.2, 0.25) is 0 Å². The summed E-state index contributed by atoms with van der Waals surface area (Å²) in [6.45, 7) is 6.70. The van der Waals surface area contributed by atoms with Crippen LogP contribution < -0.4 is 10.6 Å². The molecule has 0 aliphatic heterocycles. The van der Waals surface area contributed by atoms with Gasteiger partial charge < -0.3 is 15.7 Å². The van der Waals surface area contributed by atoms with Crippen LogP contribution >= 0.6 is 0 Å². The lowest BCUT2D eigenvalue weighted by atomic mass is 10.0. The van der Waals surface area contributed by atoms with E-state index in [1.165, 1.54) is 5.56 Å². The number of carbonyl (C=O) groups excluding carboxylic acids is 1. The standard InChI is InChI=1S/C17H27N3O3/c1-3-20(4-2)15(12-14-8-6-5-7-9-14)13-19-17(23)18-11-10-16(21)22/h5-9,15H,3-4,10-13H2,1-2H3,(H,21,22)(H2,18,19,23). The van der Waals surface area contributed by atoms with Gasteiger partial charge in [-0.2, -0.15) is 0 Å². The summed E-state index contributed by atoms with van der Waals surface area (Å²) in [5, 5.41) is 14.0. The molecule has 6 heteroatoms. The van der Waals surface area contributed by atoms with Gasteiger partial charge in [0.25, 0.3) is 0 Å². The van der Waals surface area contributed by atoms with E-state index in [1.807, 2.05) is 18.2 Å². The van der Waals surface area contributed by atoms with Crippen LogP contribution in [0.3, 0.4) is 0 Å². The maximum atomic E-state index is 11.7. The molecule has 0 saturated heterocycles. The van der Waals surface area contributed by atoms with Gasteiger partial charge in [-0.1, -0.05) is 44.2 Å². The van der Waals surface area contributed by atoms with Crippen LogP contribution in [0.2, 0.25) is 0 Å². The van der Waals surface area contributed by atoms with Crippen molar-refractivity contribution in [3.05, 3.63) is 35.9 Å². The molecule has 1 unspecified atom stereocenters. The normalized spacial score (nSPS) is 12.0. The number of likely N-dealkylation sites (N-methyl/N-ethyl adjacent to an activating group) is 1. The van der Waals surface area contributed by atoms with Crippen molar-refractivity contribution in [2.45, 2.75) is 32.7 Å². The number of carbonyl (C=O) groups is 2. The van der Waals surface area contributed by atoms with Gasteiger partial charge in [-0.05, 0) is 25.1 Å². The first-order chi connectivity index (χ1) is 11.1. The average Bonchev–Trinajstić information content (AvgIpc) is 2.54. The van der Waals surface area contributed by atoms with Gasteiger partial charge in [-0.3, -0.25) is 9.69 Å². The van der Waals surface area contributed by atoms with Crippen molar-refractivity contribution in [1.82, 2.24) is 15.5 Å². The van der Waals surface area contributed by atoms with Gasteiger partial charge in [0.15, 0.2) is 0 Å². The Balaban J connectivity index is 2.52. The fraction of sp³-hybridized carbons (Fsp3) is 0.529. The summed E-state index contributed by atoms with van der Waals surface area (Å²) in [5.74, 6) is -0.921. The maximum Gasteiger partial charge on any atom is 0.314 e. The fourth-order valence-electron chi connectivity index (χ4n) is 2.51. The molecule has 1 rings (SSSR count). The first-order valence-electron chi connectivity index (χ1n) is 8.08. The fourth-order valence-corrected chi connectivity index (χ4v) is 2.51. The van der Waals surface area contributed by atoms with E-state index in [9.17, 15) is 9.59 Å². The van der Waals surface area contributed by atoms with Crippen LogP contribution in [-0.4, -0.2) is 54.2 Å². The Morgan fingerprint density at radius 3 is 2.35 bits per heavy atom. The average molecular weight is 321 g/mol. The van der Waals surface area contributed by atoms with E-state index in [0.29, 0.717) is 6.54 Å². The van der Waals surface area contributed by atoms with Gasteiger partial charge in [0.05, 0.1) is 6.42 Å². The molecular formula is C17H27N3O3. The van der Waals surface area contributed by atoms with Gasteiger partial charge in [-0.25, -0.2) is 4.79 Å². The molecule has 0 aromatic heterocycles. The van der Waals surface area contributed by atoms with E-state index in [2.05, 4.69) is 41.5 Å². The molecule has 0 bridgehead atoms. The van der Waals surface area contributed by atoms with Crippen molar-refractivity contribution in [3.63, 3.8) is 0 Å². The third-order valence-electron chi connectivity index (χ3n) is 3.77. The molecule has 1 aromatic rings. The summed E-state index contributed by atoms with van der Waals surface area (Å²) in [7, 11) is 0. The number of rotatable bonds is 10. The highest BCUT2D eigenvalue weighted by Gasteiger charge is 2.17. The first kappa shape index (κ1) is 19.0. The molecule has 6 nitrogen and oxygen atoms in total. The molecule has 0 fully saturated rings. The van der Waals surface area contributed by atoms with E-state index in [4.69, 9.17) is 5.11 Å². The van der Waals surface area contributed by atoms with Crippen LogP contribution in [0, 0.1) is 0 Å². The smallest absolute Gasteiger partial charge is 0.314 e. The molecule has 0 heterocycles. The number of hydrogen-bond donors (Lipinski definition) is 3. The van der Waals surface area contributed by atoms with Crippen LogP contribution in [0.1, 0.15) is 25.8 Å². The molecule has 0 saturated carbocycles. The Morgan fingerprint density at radius 1 is 1.13 bits per heavy atom. The zero-order valence-electron chi connectivity index (χ0n) is 13.9.